The van der Waals surface area contributed by atoms with Crippen LogP contribution in [0.3, 0.4) is 0 Å². The van der Waals surface area contributed by atoms with Gasteiger partial charge in [0.15, 0.2) is 0 Å². The van der Waals surface area contributed by atoms with E-state index in [1.807, 2.05) is 38.2 Å². The Bertz CT molecular complexity index is 1470. The molecule has 0 radical (unpaired) electrons. The van der Waals surface area contributed by atoms with Crippen LogP contribution in [0.5, 0.6) is 11.5 Å². The second kappa shape index (κ2) is 13.5. The predicted molar refractivity (Wildman–Crippen MR) is 159 cm³/mol. The van der Waals surface area contributed by atoms with Gasteiger partial charge in [-0.05, 0) is 74.1 Å². The van der Waals surface area contributed by atoms with Crippen molar-refractivity contribution in [1.82, 2.24) is 9.80 Å². The number of fused-ring (bicyclic) bond motifs is 1. The molecule has 0 saturated carbocycles. The summed E-state index contributed by atoms with van der Waals surface area (Å²) in [5.41, 5.74) is 1.88. The van der Waals surface area contributed by atoms with Crippen LogP contribution in [0.2, 0.25) is 0 Å². The van der Waals surface area contributed by atoms with E-state index in [4.69, 9.17) is 9.47 Å². The molecule has 1 heterocycles. The molecule has 4 rings (SSSR count). The standard InChI is InChI=1S/C31H38FN3O6S/c1-21-17-35(22(2)20-36)31(37)16-24-15-26(33-42(38,39)28-12-7-25(32)8-13-28)9-14-29(24)41-30(21)19-34(3)18-23-5-10-27(40-4)11-6-23/h5-15,21-22,30,33,36H,16-20H2,1-4H3/t21-,22-,30-/m0/s1. The largest absolute Gasteiger partial charge is 0.497 e. The van der Waals surface area contributed by atoms with Gasteiger partial charge in [0, 0.05) is 36.8 Å². The molecule has 0 unspecified atom stereocenters. The zero-order valence-corrected chi connectivity index (χ0v) is 25.1. The first-order valence-corrected chi connectivity index (χ1v) is 15.3. The summed E-state index contributed by atoms with van der Waals surface area (Å²) in [5, 5.41) is 9.89. The van der Waals surface area contributed by atoms with Gasteiger partial charge in [0.25, 0.3) is 10.0 Å². The Kier molecular flexibility index (Phi) is 10.1. The van der Waals surface area contributed by atoms with E-state index in [-0.39, 0.29) is 41.5 Å². The number of aliphatic hydroxyl groups is 1. The van der Waals surface area contributed by atoms with E-state index in [0.29, 0.717) is 30.9 Å². The number of hydrogen-bond donors (Lipinski definition) is 2. The molecule has 0 aromatic heterocycles. The number of methoxy groups -OCH3 is 1. The van der Waals surface area contributed by atoms with Crippen LogP contribution in [-0.2, 0) is 27.8 Å². The number of ether oxygens (including phenoxy) is 2. The average Bonchev–Trinajstić information content (AvgIpc) is 3.00. The van der Waals surface area contributed by atoms with Crippen LogP contribution >= 0.6 is 0 Å². The number of carbonyl (C=O) groups excluding carboxylic acids is 1. The van der Waals surface area contributed by atoms with E-state index in [2.05, 4.69) is 9.62 Å². The van der Waals surface area contributed by atoms with Crippen molar-refractivity contribution in [1.29, 1.82) is 0 Å². The lowest BCUT2D eigenvalue weighted by molar-refractivity contribution is -0.134. The summed E-state index contributed by atoms with van der Waals surface area (Å²) in [6.45, 7) is 5.24. The molecule has 1 aliphatic heterocycles. The Morgan fingerprint density at radius 2 is 1.83 bits per heavy atom. The van der Waals surface area contributed by atoms with Gasteiger partial charge in [-0.3, -0.25) is 14.4 Å². The molecular weight excluding hydrogens is 561 g/mol. The van der Waals surface area contributed by atoms with E-state index >= 15 is 0 Å². The number of rotatable bonds is 10. The van der Waals surface area contributed by atoms with Crippen LogP contribution in [0, 0.1) is 11.7 Å². The molecule has 0 fully saturated rings. The average molecular weight is 600 g/mol. The summed E-state index contributed by atoms with van der Waals surface area (Å²) in [6, 6.07) is 16.8. The summed E-state index contributed by atoms with van der Waals surface area (Å²) in [7, 11) is -0.362. The summed E-state index contributed by atoms with van der Waals surface area (Å²) in [4.78, 5) is 17.2. The third-order valence-electron chi connectivity index (χ3n) is 7.40. The molecule has 0 saturated heterocycles. The number of amides is 1. The van der Waals surface area contributed by atoms with Crippen molar-refractivity contribution in [3.8, 4) is 11.5 Å². The van der Waals surface area contributed by atoms with Crippen molar-refractivity contribution in [2.75, 3.05) is 38.6 Å². The zero-order chi connectivity index (χ0) is 30.4. The van der Waals surface area contributed by atoms with Crippen molar-refractivity contribution >= 4 is 21.6 Å². The molecule has 3 aromatic rings. The Hall–Kier alpha value is -3.67. The maximum Gasteiger partial charge on any atom is 0.261 e. The fourth-order valence-electron chi connectivity index (χ4n) is 4.95. The van der Waals surface area contributed by atoms with Gasteiger partial charge in [0.05, 0.1) is 31.1 Å². The lowest BCUT2D eigenvalue weighted by Gasteiger charge is -2.34. The summed E-state index contributed by atoms with van der Waals surface area (Å²) in [6.07, 6.45) is -0.347. The maximum absolute atomic E-state index is 13.5. The topological polar surface area (TPSA) is 108 Å². The van der Waals surface area contributed by atoms with E-state index in [1.165, 1.54) is 12.1 Å². The molecule has 0 bridgehead atoms. The number of hydrogen-bond acceptors (Lipinski definition) is 7. The van der Waals surface area contributed by atoms with Gasteiger partial charge in [-0.15, -0.1) is 0 Å². The smallest absolute Gasteiger partial charge is 0.261 e. The second-order valence-corrected chi connectivity index (χ2v) is 12.5. The lowest BCUT2D eigenvalue weighted by atomic mass is 10.0. The first-order valence-electron chi connectivity index (χ1n) is 13.8. The molecule has 0 spiro atoms. The molecule has 1 aliphatic rings. The molecule has 3 atom stereocenters. The van der Waals surface area contributed by atoms with Gasteiger partial charge >= 0.3 is 0 Å². The highest BCUT2D eigenvalue weighted by Crippen LogP contribution is 2.30. The third-order valence-corrected chi connectivity index (χ3v) is 8.79. The molecular formula is C31H38FN3O6S. The van der Waals surface area contributed by atoms with Crippen LogP contribution < -0.4 is 14.2 Å². The van der Waals surface area contributed by atoms with Gasteiger partial charge in [-0.2, -0.15) is 0 Å². The fourth-order valence-corrected chi connectivity index (χ4v) is 6.00. The summed E-state index contributed by atoms with van der Waals surface area (Å²) < 4.78 is 53.5. The minimum atomic E-state index is -3.99. The predicted octanol–water partition coefficient (Wildman–Crippen LogP) is 3.92. The van der Waals surface area contributed by atoms with Crippen molar-refractivity contribution in [3.63, 3.8) is 0 Å². The summed E-state index contributed by atoms with van der Waals surface area (Å²) >= 11 is 0. The van der Waals surface area contributed by atoms with Crippen molar-refractivity contribution in [2.24, 2.45) is 5.92 Å². The molecule has 0 aliphatic carbocycles. The van der Waals surface area contributed by atoms with Crippen LogP contribution in [-0.4, -0.2) is 75.2 Å². The normalized spacial score (nSPS) is 18.4. The van der Waals surface area contributed by atoms with Crippen molar-refractivity contribution in [3.05, 3.63) is 83.7 Å². The minimum Gasteiger partial charge on any atom is -0.497 e. The Morgan fingerprint density at radius 3 is 2.48 bits per heavy atom. The first-order chi connectivity index (χ1) is 20.0. The van der Waals surface area contributed by atoms with Gasteiger partial charge in [0.2, 0.25) is 5.91 Å². The Labute approximate surface area is 246 Å². The van der Waals surface area contributed by atoms with Crippen molar-refractivity contribution < 1.29 is 32.2 Å². The molecule has 11 heteroatoms. The fraction of sp³-hybridized carbons (Fsp3) is 0.387. The van der Waals surface area contributed by atoms with E-state index in [9.17, 15) is 22.7 Å². The molecule has 3 aromatic carbocycles. The van der Waals surface area contributed by atoms with E-state index in [0.717, 1.165) is 23.4 Å². The van der Waals surface area contributed by atoms with Crippen LogP contribution in [0.15, 0.2) is 71.6 Å². The third kappa shape index (κ3) is 7.78. The molecule has 9 nitrogen and oxygen atoms in total. The molecule has 42 heavy (non-hydrogen) atoms. The van der Waals surface area contributed by atoms with Crippen LogP contribution in [0.4, 0.5) is 10.1 Å². The SMILES string of the molecule is COc1ccc(CN(C)C[C@@H]2Oc3ccc(NS(=O)(=O)c4ccc(F)cc4)cc3CC(=O)N([C@@H](C)CO)C[C@@H]2C)cc1. The number of aliphatic hydroxyl groups excluding tert-OH is 1. The van der Waals surface area contributed by atoms with Gasteiger partial charge in [0.1, 0.15) is 23.4 Å². The lowest BCUT2D eigenvalue weighted by Crippen LogP contribution is -2.47. The number of nitrogens with zero attached hydrogens (tertiary/aromatic N) is 2. The Balaban J connectivity index is 1.61. The minimum absolute atomic E-state index is 0.0348. The van der Waals surface area contributed by atoms with Gasteiger partial charge < -0.3 is 19.5 Å². The second-order valence-electron chi connectivity index (χ2n) is 10.8. The highest BCUT2D eigenvalue weighted by atomic mass is 32.2. The number of carbonyl (C=O) groups is 1. The molecule has 226 valence electrons. The number of anilines is 1. The first kappa shape index (κ1) is 31.3. The zero-order valence-electron chi connectivity index (χ0n) is 24.3. The van der Waals surface area contributed by atoms with Gasteiger partial charge in [-0.25, -0.2) is 12.8 Å². The van der Waals surface area contributed by atoms with Gasteiger partial charge in [-0.1, -0.05) is 19.1 Å². The number of halogens is 1. The molecule has 2 N–H and O–H groups in total. The Morgan fingerprint density at radius 1 is 1.14 bits per heavy atom. The molecule has 1 amide bonds. The number of benzene rings is 3. The number of likely N-dealkylation sites (N-methyl/N-ethyl adjacent to an activating group) is 1. The highest BCUT2D eigenvalue weighted by molar-refractivity contribution is 7.92. The summed E-state index contributed by atoms with van der Waals surface area (Å²) in [5.74, 6) is 0.458. The van der Waals surface area contributed by atoms with Crippen molar-refractivity contribution in [2.45, 2.75) is 43.9 Å². The van der Waals surface area contributed by atoms with Crippen LogP contribution in [0.25, 0.3) is 0 Å². The number of nitrogens with one attached hydrogen (secondary N) is 1. The highest BCUT2D eigenvalue weighted by Gasteiger charge is 2.31. The van der Waals surface area contributed by atoms with E-state index < -0.39 is 21.9 Å². The van der Waals surface area contributed by atoms with Crippen LogP contribution in [0.1, 0.15) is 25.0 Å². The maximum atomic E-state index is 13.5. The van der Waals surface area contributed by atoms with E-state index in [1.54, 1.807) is 37.1 Å². The number of sulfonamides is 1. The monoisotopic (exact) mass is 599 g/mol. The quantitative estimate of drug-likeness (QED) is 0.364.